The lowest BCUT2D eigenvalue weighted by atomic mass is 9.95. The Morgan fingerprint density at radius 3 is 2.34 bits per heavy atom. The highest BCUT2D eigenvalue weighted by Crippen LogP contribution is 2.17. The predicted molar refractivity (Wildman–Crippen MR) is 105 cm³/mol. The van der Waals surface area contributed by atoms with Gasteiger partial charge in [-0.15, -0.1) is 0 Å². The van der Waals surface area contributed by atoms with Crippen molar-refractivity contribution >= 4 is 21.7 Å². The zero-order chi connectivity index (χ0) is 21.4. The third-order valence-electron chi connectivity index (χ3n) is 4.23. The number of esters is 1. The third kappa shape index (κ3) is 6.93. The number of rotatable bonds is 10. The molecule has 0 aliphatic carbocycles. The van der Waals surface area contributed by atoms with Gasteiger partial charge in [0.05, 0.1) is 22.5 Å². The monoisotopic (exact) mass is 422 g/mol. The Bertz CT molecular complexity index is 931. The van der Waals surface area contributed by atoms with E-state index in [0.29, 0.717) is 6.42 Å². The summed E-state index contributed by atoms with van der Waals surface area (Å²) in [6.07, 6.45) is -0.739. The number of nitro benzene ring substituents is 1. The smallest absolute Gasteiger partial charge is 0.302 e. The van der Waals surface area contributed by atoms with Crippen LogP contribution in [0.25, 0.3) is 0 Å². The van der Waals surface area contributed by atoms with Crippen LogP contribution in [0.15, 0.2) is 59.5 Å². The molecule has 9 nitrogen and oxygen atoms in total. The number of nitrogens with zero attached hydrogens (tertiary/aromatic N) is 1. The predicted octanol–water partition coefficient (Wildman–Crippen LogP) is 1.66. The first-order valence-corrected chi connectivity index (χ1v) is 10.3. The zero-order valence-electron chi connectivity index (χ0n) is 15.7. The van der Waals surface area contributed by atoms with Crippen molar-refractivity contribution in [3.63, 3.8) is 0 Å². The molecule has 2 N–H and O–H groups in total. The minimum atomic E-state index is -3.98. The van der Waals surface area contributed by atoms with Crippen LogP contribution in [0.5, 0.6) is 0 Å². The van der Waals surface area contributed by atoms with Crippen LogP contribution < -0.4 is 4.72 Å². The molecule has 2 aromatic rings. The fourth-order valence-corrected chi connectivity index (χ4v) is 3.69. The Hall–Kier alpha value is -2.82. The maximum absolute atomic E-state index is 12.4. The summed E-state index contributed by atoms with van der Waals surface area (Å²) in [5.74, 6) is -1.03. The van der Waals surface area contributed by atoms with Gasteiger partial charge in [-0.3, -0.25) is 14.9 Å². The molecule has 0 unspecified atom stereocenters. The Morgan fingerprint density at radius 1 is 1.17 bits per heavy atom. The Morgan fingerprint density at radius 2 is 1.79 bits per heavy atom. The molecule has 29 heavy (non-hydrogen) atoms. The standard InChI is InChI=1S/C19H22N2O7S/c1-14(22)28-13-16(11-15-5-3-2-4-6-15)19(23)12-20-29(26,27)18-9-7-17(8-10-18)21(24)25/h2-10,16,19-20,23H,11-13H2,1H3/t16-,19+/m0/s1. The number of benzene rings is 2. The molecule has 0 aliphatic rings. The van der Waals surface area contributed by atoms with Crippen LogP contribution in [-0.2, 0) is 26.0 Å². The number of nitro groups is 1. The van der Waals surface area contributed by atoms with Gasteiger partial charge in [-0.1, -0.05) is 30.3 Å². The summed E-state index contributed by atoms with van der Waals surface area (Å²) < 4.78 is 32.1. The van der Waals surface area contributed by atoms with Crippen LogP contribution in [0.1, 0.15) is 12.5 Å². The van der Waals surface area contributed by atoms with Crippen LogP contribution in [-0.4, -0.2) is 43.7 Å². The van der Waals surface area contributed by atoms with E-state index in [9.17, 15) is 28.4 Å². The number of sulfonamides is 1. The van der Waals surface area contributed by atoms with Crippen molar-refractivity contribution in [1.29, 1.82) is 0 Å². The van der Waals surface area contributed by atoms with Crippen molar-refractivity contribution in [1.82, 2.24) is 4.72 Å². The number of carbonyl (C=O) groups is 1. The Balaban J connectivity index is 2.05. The molecule has 0 aromatic heterocycles. The van der Waals surface area contributed by atoms with Gasteiger partial charge in [-0.25, -0.2) is 13.1 Å². The molecule has 0 saturated carbocycles. The average molecular weight is 422 g/mol. The Kier molecular flexibility index (Phi) is 7.82. The van der Waals surface area contributed by atoms with Crippen LogP contribution in [0.3, 0.4) is 0 Å². The summed E-state index contributed by atoms with van der Waals surface area (Å²) in [6, 6.07) is 13.6. The first-order chi connectivity index (χ1) is 13.7. The Labute approximate surface area is 168 Å². The lowest BCUT2D eigenvalue weighted by molar-refractivity contribution is -0.384. The average Bonchev–Trinajstić information content (AvgIpc) is 2.70. The summed E-state index contributed by atoms with van der Waals surface area (Å²) in [5.41, 5.74) is 0.676. The molecule has 2 rings (SSSR count). The molecule has 0 amide bonds. The van der Waals surface area contributed by atoms with E-state index in [1.165, 1.54) is 6.92 Å². The number of hydrogen-bond donors (Lipinski definition) is 2. The molecule has 0 fully saturated rings. The summed E-state index contributed by atoms with van der Waals surface area (Å²) in [4.78, 5) is 21.0. The molecule has 0 saturated heterocycles. The van der Waals surface area contributed by atoms with Crippen LogP contribution in [0.4, 0.5) is 5.69 Å². The molecule has 2 aromatic carbocycles. The van der Waals surface area contributed by atoms with E-state index in [2.05, 4.69) is 4.72 Å². The molecular formula is C19H22N2O7S. The van der Waals surface area contributed by atoms with Crippen molar-refractivity contribution in [3.8, 4) is 0 Å². The van der Waals surface area contributed by atoms with Gasteiger partial charge < -0.3 is 9.84 Å². The third-order valence-corrected chi connectivity index (χ3v) is 5.67. The van der Waals surface area contributed by atoms with E-state index < -0.39 is 32.9 Å². The quantitative estimate of drug-likeness (QED) is 0.337. The van der Waals surface area contributed by atoms with Gasteiger partial charge in [0.2, 0.25) is 10.0 Å². The van der Waals surface area contributed by atoms with E-state index >= 15 is 0 Å². The SMILES string of the molecule is CC(=O)OC[C@H](Cc1ccccc1)[C@H](O)CNS(=O)(=O)c1ccc([N+](=O)[O-])cc1. The number of nitrogens with one attached hydrogen (secondary N) is 1. The van der Waals surface area contributed by atoms with E-state index in [1.54, 1.807) is 0 Å². The minimum absolute atomic E-state index is 0.0648. The highest BCUT2D eigenvalue weighted by Gasteiger charge is 2.24. The van der Waals surface area contributed by atoms with Gasteiger partial charge in [-0.05, 0) is 24.1 Å². The highest BCUT2D eigenvalue weighted by atomic mass is 32.2. The zero-order valence-corrected chi connectivity index (χ0v) is 16.5. The maximum atomic E-state index is 12.4. The number of ether oxygens (including phenoxy) is 1. The van der Waals surface area contributed by atoms with Gasteiger partial charge in [0.15, 0.2) is 0 Å². The summed E-state index contributed by atoms with van der Waals surface area (Å²) in [7, 11) is -3.98. The maximum Gasteiger partial charge on any atom is 0.302 e. The molecule has 0 aliphatic heterocycles. The summed E-state index contributed by atoms with van der Waals surface area (Å²) in [6.45, 7) is 0.881. The van der Waals surface area contributed by atoms with Crippen LogP contribution in [0.2, 0.25) is 0 Å². The number of carbonyl (C=O) groups excluding carboxylic acids is 1. The second-order valence-corrected chi connectivity index (χ2v) is 8.19. The van der Waals surface area contributed by atoms with Gasteiger partial charge >= 0.3 is 5.97 Å². The fraction of sp³-hybridized carbons (Fsp3) is 0.316. The van der Waals surface area contributed by atoms with Crippen molar-refractivity contribution in [2.45, 2.75) is 24.3 Å². The van der Waals surface area contributed by atoms with Crippen molar-refractivity contribution in [2.75, 3.05) is 13.2 Å². The van der Waals surface area contributed by atoms with Gasteiger partial charge in [0, 0.05) is 31.5 Å². The lowest BCUT2D eigenvalue weighted by Gasteiger charge is -2.23. The molecule has 0 bridgehead atoms. The molecule has 0 radical (unpaired) electrons. The molecule has 156 valence electrons. The van der Waals surface area contributed by atoms with E-state index in [-0.39, 0.29) is 23.7 Å². The second-order valence-electron chi connectivity index (χ2n) is 6.42. The van der Waals surface area contributed by atoms with Crippen molar-refractivity contribution in [2.24, 2.45) is 5.92 Å². The molecule has 0 heterocycles. The van der Waals surface area contributed by atoms with Gasteiger partial charge in [0.1, 0.15) is 0 Å². The number of hydrogen-bond acceptors (Lipinski definition) is 7. The normalized spacial score (nSPS) is 13.4. The topological polar surface area (TPSA) is 136 Å². The summed E-state index contributed by atoms with van der Waals surface area (Å²) in [5, 5.41) is 21.2. The van der Waals surface area contributed by atoms with Gasteiger partial charge in [-0.2, -0.15) is 0 Å². The fourth-order valence-electron chi connectivity index (χ4n) is 2.64. The number of aliphatic hydroxyl groups excluding tert-OH is 1. The van der Waals surface area contributed by atoms with Crippen LogP contribution >= 0.6 is 0 Å². The van der Waals surface area contributed by atoms with Gasteiger partial charge in [0.25, 0.3) is 5.69 Å². The molecule has 10 heteroatoms. The summed E-state index contributed by atoms with van der Waals surface area (Å²) >= 11 is 0. The van der Waals surface area contributed by atoms with Crippen molar-refractivity contribution < 1.29 is 28.0 Å². The van der Waals surface area contributed by atoms with E-state index in [1.807, 2.05) is 30.3 Å². The van der Waals surface area contributed by atoms with E-state index in [0.717, 1.165) is 29.8 Å². The van der Waals surface area contributed by atoms with Crippen LogP contribution in [0, 0.1) is 16.0 Å². The van der Waals surface area contributed by atoms with Crippen molar-refractivity contribution in [3.05, 3.63) is 70.3 Å². The number of aliphatic hydroxyl groups is 1. The largest absolute Gasteiger partial charge is 0.465 e. The molecule has 2 atom stereocenters. The lowest BCUT2D eigenvalue weighted by Crippen LogP contribution is -2.39. The number of non-ortho nitro benzene ring substituents is 1. The molecule has 0 spiro atoms. The highest BCUT2D eigenvalue weighted by molar-refractivity contribution is 7.89. The second kappa shape index (κ2) is 10.1. The first-order valence-electron chi connectivity index (χ1n) is 8.78. The van der Waals surface area contributed by atoms with E-state index in [4.69, 9.17) is 4.74 Å². The molecular weight excluding hydrogens is 400 g/mol. The minimum Gasteiger partial charge on any atom is -0.465 e. The first kappa shape index (κ1) is 22.5.